The van der Waals surface area contributed by atoms with E-state index in [1.807, 2.05) is 49.4 Å². The third-order valence-electron chi connectivity index (χ3n) is 2.01. The maximum atomic E-state index is 12.1. The number of hydrogen-bond acceptors (Lipinski definition) is 1. The molecule has 0 atom stereocenters. The lowest BCUT2D eigenvalue weighted by atomic mass is 9.87. The van der Waals surface area contributed by atoms with Gasteiger partial charge in [0.1, 0.15) is 5.75 Å². The maximum Gasteiger partial charge on any atom is 0.387 e. The fourth-order valence-corrected chi connectivity index (χ4v) is 1.62. The molecular weight excluding hydrogens is 313 g/mol. The second kappa shape index (κ2) is 4.63. The molecule has 0 N–H and O–H groups in total. The summed E-state index contributed by atoms with van der Waals surface area (Å²) in [5.74, 6) is 0.248. The first-order chi connectivity index (χ1) is 6.80. The minimum absolute atomic E-state index is 0.0649. The predicted octanol–water partition coefficient (Wildman–Crippen LogP) is 4.19. The van der Waals surface area contributed by atoms with E-state index in [9.17, 15) is 8.78 Å². The van der Waals surface area contributed by atoms with Crippen molar-refractivity contribution in [1.29, 1.82) is 0 Å². The van der Waals surface area contributed by atoms with E-state index in [-0.39, 0.29) is 11.2 Å². The summed E-state index contributed by atoms with van der Waals surface area (Å²) in [4.78, 5) is 0. The van der Waals surface area contributed by atoms with E-state index in [1.54, 1.807) is 12.1 Å². The molecule has 0 aliphatic heterocycles. The molecule has 84 valence electrons. The molecule has 1 aromatic carbocycles. The van der Waals surface area contributed by atoms with Gasteiger partial charge >= 0.3 is 6.61 Å². The molecule has 0 radical (unpaired) electrons. The Balaban J connectivity index is 3.06. The molecule has 4 heteroatoms. The van der Waals surface area contributed by atoms with Crippen molar-refractivity contribution in [2.45, 2.75) is 32.8 Å². The van der Waals surface area contributed by atoms with Crippen LogP contribution in [0.3, 0.4) is 0 Å². The van der Waals surface area contributed by atoms with E-state index >= 15 is 0 Å². The van der Waals surface area contributed by atoms with Crippen LogP contribution in [0.1, 0.15) is 26.3 Å². The van der Waals surface area contributed by atoms with Gasteiger partial charge in [0.25, 0.3) is 0 Å². The van der Waals surface area contributed by atoms with Gasteiger partial charge in [-0.15, -0.1) is 0 Å². The van der Waals surface area contributed by atoms with Gasteiger partial charge in [0.05, 0.1) is 3.57 Å². The average molecular weight is 326 g/mol. The molecule has 1 aromatic rings. The Hall–Kier alpha value is -0.390. The topological polar surface area (TPSA) is 9.23 Å². The van der Waals surface area contributed by atoms with E-state index in [1.165, 1.54) is 0 Å². The highest BCUT2D eigenvalue weighted by molar-refractivity contribution is 14.1. The van der Waals surface area contributed by atoms with Crippen molar-refractivity contribution < 1.29 is 13.5 Å². The van der Waals surface area contributed by atoms with Gasteiger partial charge in [0, 0.05) is 0 Å². The Bertz CT molecular complexity index is 345. The van der Waals surface area contributed by atoms with Crippen LogP contribution in [-0.4, -0.2) is 6.61 Å². The van der Waals surface area contributed by atoms with Crippen molar-refractivity contribution in [3.8, 4) is 5.75 Å². The fourth-order valence-electron chi connectivity index (χ4n) is 1.16. The van der Waals surface area contributed by atoms with Gasteiger partial charge in [0.15, 0.2) is 0 Å². The minimum atomic E-state index is -2.77. The Morgan fingerprint density at radius 3 is 2.33 bits per heavy atom. The third-order valence-corrected chi connectivity index (χ3v) is 2.90. The van der Waals surface area contributed by atoms with Crippen LogP contribution in [0, 0.1) is 3.57 Å². The van der Waals surface area contributed by atoms with Gasteiger partial charge < -0.3 is 4.74 Å². The molecule has 0 aliphatic carbocycles. The first-order valence-corrected chi connectivity index (χ1v) is 5.63. The van der Waals surface area contributed by atoms with Gasteiger partial charge in [-0.25, -0.2) is 0 Å². The highest BCUT2D eigenvalue weighted by Crippen LogP contribution is 2.30. The molecule has 0 saturated heterocycles. The van der Waals surface area contributed by atoms with Crippen LogP contribution in [-0.2, 0) is 5.41 Å². The van der Waals surface area contributed by atoms with Crippen molar-refractivity contribution >= 4 is 22.6 Å². The largest absolute Gasteiger partial charge is 0.434 e. The van der Waals surface area contributed by atoms with Gasteiger partial charge in [0.2, 0.25) is 0 Å². The summed E-state index contributed by atoms with van der Waals surface area (Å²) in [6, 6.07) is 5.40. The quantitative estimate of drug-likeness (QED) is 0.741. The molecule has 15 heavy (non-hydrogen) atoms. The number of halogens is 3. The van der Waals surface area contributed by atoms with Crippen LogP contribution < -0.4 is 4.74 Å². The smallest absolute Gasteiger partial charge is 0.387 e. The monoisotopic (exact) mass is 326 g/mol. The van der Waals surface area contributed by atoms with E-state index < -0.39 is 6.61 Å². The standard InChI is InChI=1S/C11H13F2IO/c1-11(2,3)7-4-5-8(14)9(6-7)15-10(12)13/h4-6,10H,1-3H3. The molecule has 0 spiro atoms. The van der Waals surface area contributed by atoms with Crippen LogP contribution in [0.2, 0.25) is 0 Å². The Morgan fingerprint density at radius 1 is 1.27 bits per heavy atom. The summed E-state index contributed by atoms with van der Waals surface area (Å²) in [6.45, 7) is 3.32. The second-order valence-corrected chi connectivity index (χ2v) is 5.44. The molecule has 1 nitrogen and oxygen atoms in total. The van der Waals surface area contributed by atoms with Gasteiger partial charge in [-0.3, -0.25) is 0 Å². The van der Waals surface area contributed by atoms with Crippen molar-refractivity contribution in [3.05, 3.63) is 27.3 Å². The summed E-state index contributed by atoms with van der Waals surface area (Å²) >= 11 is 1.98. The van der Waals surface area contributed by atoms with Crippen LogP contribution >= 0.6 is 22.6 Å². The van der Waals surface area contributed by atoms with Crippen LogP contribution in [0.5, 0.6) is 5.75 Å². The van der Waals surface area contributed by atoms with E-state index in [0.29, 0.717) is 3.57 Å². The summed E-state index contributed by atoms with van der Waals surface area (Å²) in [7, 11) is 0. The number of ether oxygens (including phenoxy) is 1. The lowest BCUT2D eigenvalue weighted by molar-refractivity contribution is -0.0505. The maximum absolute atomic E-state index is 12.1. The first-order valence-electron chi connectivity index (χ1n) is 4.55. The molecular formula is C11H13F2IO. The van der Waals surface area contributed by atoms with Gasteiger partial charge in [-0.1, -0.05) is 26.8 Å². The summed E-state index contributed by atoms with van der Waals surface area (Å²) in [5, 5.41) is 0. The third kappa shape index (κ3) is 3.59. The molecule has 0 bridgehead atoms. The molecule has 0 aromatic heterocycles. The Kier molecular flexibility index (Phi) is 3.92. The Morgan fingerprint density at radius 2 is 1.87 bits per heavy atom. The van der Waals surface area contributed by atoms with Crippen molar-refractivity contribution in [3.63, 3.8) is 0 Å². The average Bonchev–Trinajstić information content (AvgIpc) is 2.06. The zero-order chi connectivity index (χ0) is 11.6. The van der Waals surface area contributed by atoms with Crippen LogP contribution in [0.25, 0.3) is 0 Å². The molecule has 1 rings (SSSR count). The first kappa shape index (κ1) is 12.7. The zero-order valence-electron chi connectivity index (χ0n) is 8.85. The highest BCUT2D eigenvalue weighted by Gasteiger charge is 2.16. The molecule has 0 fully saturated rings. The van der Waals surface area contributed by atoms with Crippen LogP contribution in [0.15, 0.2) is 18.2 Å². The highest BCUT2D eigenvalue weighted by atomic mass is 127. The predicted molar refractivity (Wildman–Crippen MR) is 64.5 cm³/mol. The molecule has 0 heterocycles. The molecule has 0 aliphatic rings. The van der Waals surface area contributed by atoms with Crippen molar-refractivity contribution in [2.24, 2.45) is 0 Å². The lowest BCUT2D eigenvalue weighted by Crippen LogP contribution is -2.12. The molecule has 0 unspecified atom stereocenters. The van der Waals surface area contributed by atoms with E-state index in [0.717, 1.165) is 5.56 Å². The number of alkyl halides is 2. The lowest BCUT2D eigenvalue weighted by Gasteiger charge is -2.20. The normalized spacial score (nSPS) is 11.9. The van der Waals surface area contributed by atoms with Crippen molar-refractivity contribution in [2.75, 3.05) is 0 Å². The van der Waals surface area contributed by atoms with Crippen LogP contribution in [0.4, 0.5) is 8.78 Å². The van der Waals surface area contributed by atoms with Gasteiger partial charge in [-0.2, -0.15) is 8.78 Å². The second-order valence-electron chi connectivity index (χ2n) is 4.27. The Labute approximate surface area is 102 Å². The SMILES string of the molecule is CC(C)(C)c1ccc(I)c(OC(F)F)c1. The van der Waals surface area contributed by atoms with E-state index in [2.05, 4.69) is 4.74 Å². The zero-order valence-corrected chi connectivity index (χ0v) is 11.0. The summed E-state index contributed by atoms with van der Waals surface area (Å²) in [5.41, 5.74) is 0.920. The number of rotatable bonds is 2. The summed E-state index contributed by atoms with van der Waals surface area (Å²) < 4.78 is 29.3. The molecule has 0 saturated carbocycles. The fraction of sp³-hybridized carbons (Fsp3) is 0.455. The number of hydrogen-bond donors (Lipinski definition) is 0. The van der Waals surface area contributed by atoms with Gasteiger partial charge in [-0.05, 0) is 45.7 Å². The van der Waals surface area contributed by atoms with Crippen molar-refractivity contribution in [1.82, 2.24) is 0 Å². The minimum Gasteiger partial charge on any atom is -0.434 e. The molecule has 0 amide bonds. The summed E-state index contributed by atoms with van der Waals surface area (Å²) in [6.07, 6.45) is 0. The van der Waals surface area contributed by atoms with E-state index in [4.69, 9.17) is 0 Å². The number of benzene rings is 1.